The summed E-state index contributed by atoms with van der Waals surface area (Å²) in [5.74, 6) is 0. The van der Waals surface area contributed by atoms with Gasteiger partial charge in [-0.1, -0.05) is 29.3 Å². The van der Waals surface area contributed by atoms with Crippen molar-refractivity contribution < 1.29 is 0 Å². The molecule has 5 heteroatoms. The number of aryl methyl sites for hydroxylation is 2. The van der Waals surface area contributed by atoms with Crippen molar-refractivity contribution in [1.82, 2.24) is 10.3 Å². The topological polar surface area (TPSA) is 24.9 Å². The Morgan fingerprint density at radius 1 is 1.26 bits per heavy atom. The van der Waals surface area contributed by atoms with Crippen LogP contribution in [-0.2, 0) is 6.54 Å². The molecule has 2 nitrogen and oxygen atoms in total. The largest absolute Gasteiger partial charge is 0.305 e. The molecule has 0 spiro atoms. The first-order valence-electron chi connectivity index (χ1n) is 6.08. The Morgan fingerprint density at radius 2 is 2.00 bits per heavy atom. The summed E-state index contributed by atoms with van der Waals surface area (Å²) in [5.41, 5.74) is 2.24. The molecule has 0 aliphatic carbocycles. The van der Waals surface area contributed by atoms with Gasteiger partial charge >= 0.3 is 0 Å². The van der Waals surface area contributed by atoms with Crippen LogP contribution < -0.4 is 5.32 Å². The molecular weight excluding hydrogens is 299 g/mol. The average Bonchev–Trinajstić information content (AvgIpc) is 2.68. The minimum Gasteiger partial charge on any atom is -0.305 e. The second-order valence-electron chi connectivity index (χ2n) is 4.52. The van der Waals surface area contributed by atoms with Gasteiger partial charge in [0.15, 0.2) is 0 Å². The molecule has 1 N–H and O–H groups in total. The van der Waals surface area contributed by atoms with Gasteiger partial charge in [0.25, 0.3) is 0 Å². The second kappa shape index (κ2) is 6.23. The van der Waals surface area contributed by atoms with E-state index < -0.39 is 0 Å². The number of aromatic nitrogens is 1. The summed E-state index contributed by atoms with van der Waals surface area (Å²) in [7, 11) is 0. The summed E-state index contributed by atoms with van der Waals surface area (Å²) < 4.78 is 0. The first-order chi connectivity index (χ1) is 8.97. The molecule has 0 aliphatic heterocycles. The Bertz CT molecular complexity index is 581. The summed E-state index contributed by atoms with van der Waals surface area (Å²) in [6, 6.07) is 5.96. The molecule has 1 aromatic heterocycles. The fraction of sp³-hybridized carbons (Fsp3) is 0.357. The zero-order chi connectivity index (χ0) is 14.0. The Balaban J connectivity index is 2.03. The lowest BCUT2D eigenvalue weighted by Crippen LogP contribution is -2.17. The van der Waals surface area contributed by atoms with E-state index in [1.54, 1.807) is 11.3 Å². The van der Waals surface area contributed by atoms with Crippen molar-refractivity contribution in [2.75, 3.05) is 0 Å². The molecule has 0 aliphatic rings. The van der Waals surface area contributed by atoms with Gasteiger partial charge in [-0.3, -0.25) is 0 Å². The molecule has 0 amide bonds. The zero-order valence-corrected chi connectivity index (χ0v) is 13.5. The smallest absolute Gasteiger partial charge is 0.0900 e. The molecule has 19 heavy (non-hydrogen) atoms. The molecule has 1 heterocycles. The summed E-state index contributed by atoms with van der Waals surface area (Å²) in [6.07, 6.45) is 0. The first kappa shape index (κ1) is 14.8. The van der Waals surface area contributed by atoms with Gasteiger partial charge < -0.3 is 5.32 Å². The predicted molar refractivity (Wildman–Crippen MR) is 83.3 cm³/mol. The second-order valence-corrected chi connectivity index (χ2v) is 6.62. The third-order valence-electron chi connectivity index (χ3n) is 3.01. The summed E-state index contributed by atoms with van der Waals surface area (Å²) in [6.45, 7) is 7.01. The number of nitrogens with zero attached hydrogens (tertiary/aromatic N) is 1. The highest BCUT2D eigenvalue weighted by atomic mass is 35.5. The van der Waals surface area contributed by atoms with Crippen LogP contribution >= 0.6 is 34.5 Å². The van der Waals surface area contributed by atoms with Crippen molar-refractivity contribution in [3.8, 4) is 0 Å². The number of hydrogen-bond acceptors (Lipinski definition) is 3. The monoisotopic (exact) mass is 314 g/mol. The zero-order valence-electron chi connectivity index (χ0n) is 11.1. The molecule has 1 aromatic carbocycles. The lowest BCUT2D eigenvalue weighted by molar-refractivity contribution is 0.577. The lowest BCUT2D eigenvalue weighted by Gasteiger charge is -2.14. The Hall–Kier alpha value is -0.610. The van der Waals surface area contributed by atoms with Crippen LogP contribution in [0.5, 0.6) is 0 Å². The SMILES string of the molecule is Cc1nc(C)c(CNC(C)c2ccc(Cl)c(Cl)c2)s1. The van der Waals surface area contributed by atoms with E-state index in [0.29, 0.717) is 10.0 Å². The predicted octanol–water partition coefficient (Wildman–Crippen LogP) is 4.92. The van der Waals surface area contributed by atoms with Gasteiger partial charge in [-0.15, -0.1) is 11.3 Å². The molecule has 0 saturated heterocycles. The van der Waals surface area contributed by atoms with Gasteiger partial charge in [-0.2, -0.15) is 0 Å². The van der Waals surface area contributed by atoms with Crippen LogP contribution in [0.3, 0.4) is 0 Å². The fourth-order valence-corrected chi connectivity index (χ4v) is 3.08. The van der Waals surface area contributed by atoms with E-state index in [1.165, 1.54) is 4.88 Å². The molecule has 102 valence electrons. The van der Waals surface area contributed by atoms with Gasteiger partial charge in [-0.05, 0) is 38.5 Å². The molecule has 2 rings (SSSR count). The number of benzene rings is 1. The fourth-order valence-electron chi connectivity index (χ4n) is 1.88. The van der Waals surface area contributed by atoms with Crippen LogP contribution in [-0.4, -0.2) is 4.98 Å². The maximum Gasteiger partial charge on any atom is 0.0900 e. The van der Waals surface area contributed by atoms with E-state index in [4.69, 9.17) is 23.2 Å². The van der Waals surface area contributed by atoms with Crippen LogP contribution in [0.2, 0.25) is 10.0 Å². The summed E-state index contributed by atoms with van der Waals surface area (Å²) in [5, 5.41) is 5.78. The van der Waals surface area contributed by atoms with Crippen molar-refractivity contribution >= 4 is 34.5 Å². The maximum absolute atomic E-state index is 6.04. The highest BCUT2D eigenvalue weighted by molar-refractivity contribution is 7.11. The normalized spacial score (nSPS) is 12.7. The Kier molecular flexibility index (Phi) is 4.85. The van der Waals surface area contributed by atoms with Crippen molar-refractivity contribution in [3.63, 3.8) is 0 Å². The number of nitrogens with one attached hydrogen (secondary N) is 1. The quantitative estimate of drug-likeness (QED) is 0.866. The minimum atomic E-state index is 0.219. The van der Waals surface area contributed by atoms with Crippen molar-refractivity contribution in [2.45, 2.75) is 33.4 Å². The molecule has 0 radical (unpaired) electrons. The number of halogens is 2. The van der Waals surface area contributed by atoms with Crippen LogP contribution in [0, 0.1) is 13.8 Å². The third kappa shape index (κ3) is 3.69. The molecular formula is C14H16Cl2N2S. The van der Waals surface area contributed by atoms with E-state index in [2.05, 4.69) is 17.2 Å². The third-order valence-corrected chi connectivity index (χ3v) is 4.82. The van der Waals surface area contributed by atoms with Crippen LogP contribution in [0.15, 0.2) is 18.2 Å². The molecule has 1 atom stereocenters. The van der Waals surface area contributed by atoms with E-state index in [9.17, 15) is 0 Å². The van der Waals surface area contributed by atoms with E-state index in [-0.39, 0.29) is 6.04 Å². The van der Waals surface area contributed by atoms with Crippen LogP contribution in [0.1, 0.15) is 34.1 Å². The summed E-state index contributed by atoms with van der Waals surface area (Å²) in [4.78, 5) is 5.71. The molecule has 0 saturated carbocycles. The average molecular weight is 315 g/mol. The van der Waals surface area contributed by atoms with Crippen molar-refractivity contribution in [2.24, 2.45) is 0 Å². The molecule has 2 aromatic rings. The summed E-state index contributed by atoms with van der Waals surface area (Å²) >= 11 is 13.7. The standard InChI is InChI=1S/C14H16Cl2N2S/c1-8(11-4-5-12(15)13(16)6-11)17-7-14-9(2)18-10(3)19-14/h4-6,8,17H,7H2,1-3H3. The van der Waals surface area contributed by atoms with Crippen LogP contribution in [0.25, 0.3) is 0 Å². The Morgan fingerprint density at radius 3 is 2.58 bits per heavy atom. The van der Waals surface area contributed by atoms with E-state index >= 15 is 0 Å². The molecule has 0 fully saturated rings. The molecule has 1 unspecified atom stereocenters. The lowest BCUT2D eigenvalue weighted by atomic mass is 10.1. The van der Waals surface area contributed by atoms with Crippen molar-refractivity contribution in [1.29, 1.82) is 0 Å². The van der Waals surface area contributed by atoms with Crippen LogP contribution in [0.4, 0.5) is 0 Å². The first-order valence-corrected chi connectivity index (χ1v) is 7.66. The van der Waals surface area contributed by atoms with Gasteiger partial charge in [0.1, 0.15) is 0 Å². The molecule has 0 bridgehead atoms. The van der Waals surface area contributed by atoms with Crippen molar-refractivity contribution in [3.05, 3.63) is 49.4 Å². The number of thiazole rings is 1. The van der Waals surface area contributed by atoms with Gasteiger partial charge in [0.05, 0.1) is 20.7 Å². The van der Waals surface area contributed by atoms with Gasteiger partial charge in [-0.25, -0.2) is 4.98 Å². The highest BCUT2D eigenvalue weighted by Gasteiger charge is 2.10. The van der Waals surface area contributed by atoms with E-state index in [1.807, 2.05) is 32.0 Å². The minimum absolute atomic E-state index is 0.219. The van der Waals surface area contributed by atoms with Gasteiger partial charge in [0.2, 0.25) is 0 Å². The highest BCUT2D eigenvalue weighted by Crippen LogP contribution is 2.26. The number of rotatable bonds is 4. The van der Waals surface area contributed by atoms with E-state index in [0.717, 1.165) is 22.8 Å². The Labute approximate surface area is 127 Å². The maximum atomic E-state index is 6.04. The number of hydrogen-bond donors (Lipinski definition) is 1. The van der Waals surface area contributed by atoms with Gasteiger partial charge in [0, 0.05) is 17.5 Å².